The highest BCUT2D eigenvalue weighted by Gasteiger charge is 2.19. The number of nitrogens with two attached hydrogens (primary N) is 1. The summed E-state index contributed by atoms with van der Waals surface area (Å²) in [6.07, 6.45) is -0.0150. The van der Waals surface area contributed by atoms with Gasteiger partial charge in [-0.3, -0.25) is 10.5 Å². The summed E-state index contributed by atoms with van der Waals surface area (Å²) in [4.78, 5) is 28.3. The van der Waals surface area contributed by atoms with Gasteiger partial charge in [-0.1, -0.05) is 29.4 Å². The van der Waals surface area contributed by atoms with E-state index in [1.165, 1.54) is 7.11 Å². The lowest BCUT2D eigenvalue weighted by Gasteiger charge is -2.05. The third-order valence-electron chi connectivity index (χ3n) is 3.69. The number of ether oxygens (including phenoxy) is 2. The number of azide groups is 1. The number of nitrogen functional groups attached to an aromatic ring is 1. The van der Waals surface area contributed by atoms with E-state index in [0.717, 1.165) is 11.1 Å². The predicted octanol–water partition coefficient (Wildman–Crippen LogP) is 1.46. The van der Waals surface area contributed by atoms with Crippen molar-refractivity contribution in [3.63, 3.8) is 0 Å². The average molecular weight is 369 g/mol. The molecule has 2 heterocycles. The zero-order valence-corrected chi connectivity index (χ0v) is 14.5. The van der Waals surface area contributed by atoms with Crippen molar-refractivity contribution in [2.24, 2.45) is 5.11 Å². The Balaban J connectivity index is 1.77. The molecule has 0 saturated heterocycles. The van der Waals surface area contributed by atoms with Crippen LogP contribution in [0.3, 0.4) is 0 Å². The summed E-state index contributed by atoms with van der Waals surface area (Å²) in [5.41, 5.74) is 16.8. The number of hydrogen-bond acceptors (Lipinski definition) is 7. The Kier molecular flexibility index (Phi) is 5.33. The molecule has 11 heteroatoms. The van der Waals surface area contributed by atoms with Gasteiger partial charge in [0.05, 0.1) is 13.7 Å². The van der Waals surface area contributed by atoms with Crippen LogP contribution in [-0.2, 0) is 29.1 Å². The molecule has 0 radical (unpaired) electrons. The highest BCUT2D eigenvalue weighted by Crippen LogP contribution is 2.19. The summed E-state index contributed by atoms with van der Waals surface area (Å²) in [6.45, 7) is 0.562. The smallest absolute Gasteiger partial charge is 0.392 e. The maximum atomic E-state index is 11.4. The van der Waals surface area contributed by atoms with Gasteiger partial charge in [0.1, 0.15) is 18.9 Å². The van der Waals surface area contributed by atoms with E-state index in [1.807, 2.05) is 24.3 Å². The minimum atomic E-state index is -0.422. The van der Waals surface area contributed by atoms with Crippen LogP contribution in [0.25, 0.3) is 21.6 Å². The maximum absolute atomic E-state index is 11.4. The van der Waals surface area contributed by atoms with Crippen LogP contribution in [0.5, 0.6) is 5.88 Å². The van der Waals surface area contributed by atoms with Gasteiger partial charge in [0.25, 0.3) is 11.5 Å². The van der Waals surface area contributed by atoms with Crippen molar-refractivity contribution >= 4 is 23.1 Å². The van der Waals surface area contributed by atoms with Crippen LogP contribution >= 0.6 is 0 Å². The molecule has 0 fully saturated rings. The predicted molar refractivity (Wildman–Crippen MR) is 94.2 cm³/mol. The Bertz CT molecular complexity index is 1010. The average Bonchev–Trinajstić information content (AvgIpc) is 3.07. The Morgan fingerprint density at radius 3 is 2.78 bits per heavy atom. The van der Waals surface area contributed by atoms with Crippen LogP contribution in [0.2, 0.25) is 0 Å². The van der Waals surface area contributed by atoms with E-state index in [2.05, 4.69) is 34.7 Å². The molecule has 0 saturated carbocycles. The van der Waals surface area contributed by atoms with E-state index in [4.69, 9.17) is 16.0 Å². The molecule has 0 aliphatic heterocycles. The summed E-state index contributed by atoms with van der Waals surface area (Å²) < 4.78 is 10.4. The topological polar surface area (TPSA) is 166 Å². The van der Waals surface area contributed by atoms with E-state index in [-0.39, 0.29) is 19.0 Å². The number of carbonyl (C=O) groups is 1. The van der Waals surface area contributed by atoms with Crippen molar-refractivity contribution in [2.45, 2.75) is 19.6 Å². The van der Waals surface area contributed by atoms with Gasteiger partial charge in [-0.25, -0.2) is 4.98 Å². The maximum Gasteiger partial charge on any atom is 0.392 e. The largest absolute Gasteiger partial charge is 0.469 e. The number of imidazole rings is 1. The number of esters is 1. The molecule has 0 unspecified atom stereocenters. The standard InChI is InChI=1S/C16H16N8O3/c1-26-12(25)6-11-20-13-14(21-11)22-16(17)23-15(13)27-8-10-4-2-9(3-5-10)7-19-24-18/h2-5H,6-8H2,1H3,(H3,17,20,21,22,23)/p+1. The molecule has 0 amide bonds. The summed E-state index contributed by atoms with van der Waals surface area (Å²) in [5.74, 6) is 0.475. The zero-order chi connectivity index (χ0) is 19.2. The summed E-state index contributed by atoms with van der Waals surface area (Å²) in [5, 5.41) is 3.52. The molecular weight excluding hydrogens is 352 g/mol. The molecule has 0 bridgehead atoms. The molecule has 2 aromatic heterocycles. The Morgan fingerprint density at radius 2 is 2.07 bits per heavy atom. The fourth-order valence-corrected chi connectivity index (χ4v) is 2.38. The first kappa shape index (κ1) is 18.0. The number of nitrogens with zero attached hydrogens (tertiary/aromatic N) is 5. The van der Waals surface area contributed by atoms with Crippen LogP contribution < -0.4 is 15.5 Å². The number of H-pyrrole nitrogens is 2. The number of rotatable bonds is 7. The van der Waals surface area contributed by atoms with Gasteiger partial charge in [0.2, 0.25) is 0 Å². The van der Waals surface area contributed by atoms with Gasteiger partial charge in [0.15, 0.2) is 5.52 Å². The van der Waals surface area contributed by atoms with E-state index in [1.54, 1.807) is 0 Å². The quantitative estimate of drug-likeness (QED) is 0.277. The van der Waals surface area contributed by atoms with Crippen LogP contribution in [0.4, 0.5) is 5.95 Å². The number of anilines is 1. The van der Waals surface area contributed by atoms with Crippen LogP contribution in [0.1, 0.15) is 17.0 Å². The van der Waals surface area contributed by atoms with Crippen molar-refractivity contribution in [3.05, 3.63) is 51.7 Å². The lowest BCUT2D eigenvalue weighted by molar-refractivity contribution is -0.380. The number of methoxy groups -OCH3 is 1. The van der Waals surface area contributed by atoms with Crippen molar-refractivity contribution in [1.29, 1.82) is 0 Å². The van der Waals surface area contributed by atoms with Gasteiger partial charge in [-0.15, -0.1) is 0 Å². The van der Waals surface area contributed by atoms with Gasteiger partial charge in [-0.2, -0.15) is 4.98 Å². The van der Waals surface area contributed by atoms with Crippen molar-refractivity contribution in [1.82, 2.24) is 15.0 Å². The van der Waals surface area contributed by atoms with Gasteiger partial charge < -0.3 is 14.5 Å². The fraction of sp³-hybridized carbons (Fsp3) is 0.250. The number of aromatic nitrogens is 4. The molecule has 11 nitrogen and oxygen atoms in total. The first-order valence-corrected chi connectivity index (χ1v) is 7.94. The Hall–Kier alpha value is -3.85. The second kappa shape index (κ2) is 8.02. The molecule has 0 spiro atoms. The molecule has 0 aliphatic carbocycles. The number of hydrogen-bond donors (Lipinski definition) is 2. The highest BCUT2D eigenvalue weighted by atomic mass is 16.5. The SMILES string of the molecule is COC(=O)Cc1nc2nc(N)[nH+]c(OCc3ccc(CN=[N+]=[N-])cc3)c2[nH]1. The summed E-state index contributed by atoms with van der Waals surface area (Å²) >= 11 is 0. The number of carbonyl (C=O) groups excluding carboxylic acids is 1. The molecule has 138 valence electrons. The normalized spacial score (nSPS) is 10.4. The van der Waals surface area contributed by atoms with Crippen molar-refractivity contribution in [2.75, 3.05) is 12.8 Å². The van der Waals surface area contributed by atoms with Crippen LogP contribution in [-0.4, -0.2) is 28.0 Å². The molecule has 0 atom stereocenters. The lowest BCUT2D eigenvalue weighted by Crippen LogP contribution is -2.17. The molecule has 3 aromatic rings. The van der Waals surface area contributed by atoms with Crippen LogP contribution in [0.15, 0.2) is 29.4 Å². The van der Waals surface area contributed by atoms with Gasteiger partial charge >= 0.3 is 11.9 Å². The van der Waals surface area contributed by atoms with E-state index in [9.17, 15) is 4.79 Å². The van der Waals surface area contributed by atoms with Gasteiger partial charge in [-0.05, 0) is 21.6 Å². The molecule has 3 rings (SSSR count). The molecule has 4 N–H and O–H groups in total. The third-order valence-corrected chi connectivity index (χ3v) is 3.69. The number of benzene rings is 1. The minimum Gasteiger partial charge on any atom is -0.469 e. The zero-order valence-electron chi connectivity index (χ0n) is 14.5. The fourth-order valence-electron chi connectivity index (χ4n) is 2.38. The van der Waals surface area contributed by atoms with Crippen LogP contribution in [0, 0.1) is 0 Å². The first-order chi connectivity index (χ1) is 13.1. The number of fused-ring (bicyclic) bond motifs is 1. The highest BCUT2D eigenvalue weighted by molar-refractivity contribution is 5.78. The summed E-state index contributed by atoms with van der Waals surface area (Å²) in [7, 11) is 1.31. The number of aromatic amines is 2. The third kappa shape index (κ3) is 4.41. The minimum absolute atomic E-state index is 0.0150. The van der Waals surface area contributed by atoms with E-state index >= 15 is 0 Å². The van der Waals surface area contributed by atoms with Crippen molar-refractivity contribution < 1.29 is 19.3 Å². The van der Waals surface area contributed by atoms with E-state index < -0.39 is 5.97 Å². The first-order valence-electron chi connectivity index (χ1n) is 7.94. The monoisotopic (exact) mass is 369 g/mol. The van der Waals surface area contributed by atoms with Gasteiger partial charge in [0, 0.05) is 4.91 Å². The number of nitrogens with one attached hydrogen (secondary N) is 2. The second-order valence-electron chi connectivity index (χ2n) is 5.58. The summed E-state index contributed by atoms with van der Waals surface area (Å²) in [6, 6.07) is 7.47. The second-order valence-corrected chi connectivity index (χ2v) is 5.58. The Morgan fingerprint density at radius 1 is 1.33 bits per heavy atom. The molecule has 27 heavy (non-hydrogen) atoms. The molecule has 0 aliphatic rings. The van der Waals surface area contributed by atoms with Crippen molar-refractivity contribution in [3.8, 4) is 5.88 Å². The Labute approximate surface area is 153 Å². The lowest BCUT2D eigenvalue weighted by atomic mass is 10.1. The van der Waals surface area contributed by atoms with E-state index in [0.29, 0.717) is 29.4 Å². The molecule has 1 aromatic carbocycles. The molecular formula is C16H17N8O3+.